The minimum atomic E-state index is -0.751. The molecule has 82 valence electrons. The number of halogens is 2. The van der Waals surface area contributed by atoms with Crippen LogP contribution in [0.3, 0.4) is 0 Å². The molecule has 0 aliphatic heterocycles. The van der Waals surface area contributed by atoms with Gasteiger partial charge in [-0.05, 0) is 18.2 Å². The third-order valence-corrected chi connectivity index (χ3v) is 2.92. The Morgan fingerprint density at radius 2 is 2.00 bits per heavy atom. The molecule has 0 aliphatic carbocycles. The van der Waals surface area contributed by atoms with Crippen molar-refractivity contribution in [3.8, 4) is 0 Å². The molecule has 1 aromatic heterocycles. The predicted molar refractivity (Wildman–Crippen MR) is 59.1 cm³/mol. The van der Waals surface area contributed by atoms with E-state index in [0.717, 1.165) is 17.8 Å². The van der Waals surface area contributed by atoms with Crippen molar-refractivity contribution in [2.45, 2.75) is 9.92 Å². The van der Waals surface area contributed by atoms with Gasteiger partial charge >= 0.3 is 0 Å². The zero-order valence-electron chi connectivity index (χ0n) is 8.15. The van der Waals surface area contributed by atoms with E-state index < -0.39 is 11.6 Å². The number of benzene rings is 1. The highest BCUT2D eigenvalue weighted by atomic mass is 32.2. The van der Waals surface area contributed by atoms with Crippen molar-refractivity contribution in [2.24, 2.45) is 0 Å². The average Bonchev–Trinajstić information content (AvgIpc) is 2.27. The van der Waals surface area contributed by atoms with E-state index in [1.807, 2.05) is 0 Å². The van der Waals surface area contributed by atoms with E-state index >= 15 is 0 Å². The lowest BCUT2D eigenvalue weighted by atomic mass is 10.3. The number of hydrogen-bond acceptors (Lipinski definition) is 3. The van der Waals surface area contributed by atoms with Crippen LogP contribution in [-0.2, 0) is 0 Å². The minimum absolute atomic E-state index is 0.0583. The average molecular weight is 238 g/mol. The Morgan fingerprint density at radius 1 is 1.19 bits per heavy atom. The van der Waals surface area contributed by atoms with Gasteiger partial charge in [0.15, 0.2) is 0 Å². The Bertz CT molecular complexity index is 503. The van der Waals surface area contributed by atoms with Crippen molar-refractivity contribution in [1.29, 1.82) is 0 Å². The van der Waals surface area contributed by atoms with Crippen molar-refractivity contribution < 1.29 is 8.78 Å². The number of nitrogens with zero attached hydrogens (tertiary/aromatic N) is 1. The lowest BCUT2D eigenvalue weighted by Crippen LogP contribution is -1.95. The van der Waals surface area contributed by atoms with Gasteiger partial charge in [-0.15, -0.1) is 0 Å². The van der Waals surface area contributed by atoms with Gasteiger partial charge in [0.1, 0.15) is 16.7 Å². The van der Waals surface area contributed by atoms with Crippen LogP contribution in [0.2, 0.25) is 0 Å². The van der Waals surface area contributed by atoms with Gasteiger partial charge in [0.25, 0.3) is 0 Å². The maximum atomic E-state index is 13.1. The highest BCUT2D eigenvalue weighted by molar-refractivity contribution is 7.99. The first-order valence-corrected chi connectivity index (χ1v) is 5.32. The second-order valence-corrected chi connectivity index (χ2v) is 4.13. The molecule has 1 heterocycles. The summed E-state index contributed by atoms with van der Waals surface area (Å²) in [5, 5.41) is 0.638. The van der Waals surface area contributed by atoms with E-state index in [2.05, 4.69) is 4.98 Å². The molecule has 16 heavy (non-hydrogen) atoms. The van der Waals surface area contributed by atoms with Crippen molar-refractivity contribution in [1.82, 2.24) is 4.98 Å². The monoisotopic (exact) mass is 238 g/mol. The Morgan fingerprint density at radius 3 is 2.69 bits per heavy atom. The van der Waals surface area contributed by atoms with Gasteiger partial charge in [0, 0.05) is 17.2 Å². The van der Waals surface area contributed by atoms with Gasteiger partial charge in [-0.2, -0.15) is 0 Å². The number of nitrogen functional groups attached to an aromatic ring is 1. The van der Waals surface area contributed by atoms with E-state index in [-0.39, 0.29) is 5.69 Å². The van der Waals surface area contributed by atoms with Gasteiger partial charge in [0.2, 0.25) is 0 Å². The van der Waals surface area contributed by atoms with E-state index in [4.69, 9.17) is 5.73 Å². The Balaban J connectivity index is 2.35. The molecule has 2 nitrogen and oxygen atoms in total. The van der Waals surface area contributed by atoms with Gasteiger partial charge in [0.05, 0.1) is 5.69 Å². The lowest BCUT2D eigenvalue weighted by Gasteiger charge is -2.05. The number of pyridine rings is 1. The SMILES string of the molecule is Nc1c(F)cc(F)cc1Sc1ccccn1. The molecule has 0 spiro atoms. The maximum Gasteiger partial charge on any atom is 0.150 e. The van der Waals surface area contributed by atoms with Gasteiger partial charge < -0.3 is 5.73 Å². The summed E-state index contributed by atoms with van der Waals surface area (Å²) in [5.41, 5.74) is 5.45. The minimum Gasteiger partial charge on any atom is -0.395 e. The Labute approximate surface area is 95.5 Å². The van der Waals surface area contributed by atoms with E-state index in [0.29, 0.717) is 9.92 Å². The summed E-state index contributed by atoms with van der Waals surface area (Å²) in [6.07, 6.45) is 1.61. The van der Waals surface area contributed by atoms with Crippen LogP contribution in [0.25, 0.3) is 0 Å². The summed E-state index contributed by atoms with van der Waals surface area (Å²) < 4.78 is 26.1. The van der Waals surface area contributed by atoms with Crippen molar-refractivity contribution >= 4 is 17.4 Å². The number of rotatable bonds is 2. The molecule has 0 radical (unpaired) electrons. The van der Waals surface area contributed by atoms with Gasteiger partial charge in [-0.3, -0.25) is 0 Å². The van der Waals surface area contributed by atoms with Crippen LogP contribution in [0.1, 0.15) is 0 Å². The molecular formula is C11H8F2N2S. The first kappa shape index (κ1) is 10.9. The quantitative estimate of drug-likeness (QED) is 0.817. The third kappa shape index (κ3) is 2.30. The van der Waals surface area contributed by atoms with Crippen LogP contribution >= 0.6 is 11.8 Å². The van der Waals surface area contributed by atoms with Crippen LogP contribution in [-0.4, -0.2) is 4.98 Å². The normalized spacial score (nSPS) is 10.4. The number of nitrogens with two attached hydrogens (primary N) is 1. The molecule has 5 heteroatoms. The zero-order chi connectivity index (χ0) is 11.5. The highest BCUT2D eigenvalue weighted by Gasteiger charge is 2.09. The summed E-state index contributed by atoms with van der Waals surface area (Å²) in [7, 11) is 0. The molecule has 0 amide bonds. The summed E-state index contributed by atoms with van der Waals surface area (Å²) in [6, 6.07) is 7.25. The third-order valence-electron chi connectivity index (χ3n) is 1.91. The fourth-order valence-corrected chi connectivity index (χ4v) is 2.03. The molecular weight excluding hydrogens is 230 g/mol. The van der Waals surface area contributed by atoms with E-state index in [9.17, 15) is 8.78 Å². The molecule has 0 fully saturated rings. The van der Waals surface area contributed by atoms with Crippen LogP contribution in [0, 0.1) is 11.6 Å². The summed E-state index contributed by atoms with van der Waals surface area (Å²) in [6.45, 7) is 0. The molecule has 0 aliphatic rings. The first-order valence-electron chi connectivity index (χ1n) is 4.50. The Kier molecular flexibility index (Phi) is 3.05. The number of hydrogen-bond donors (Lipinski definition) is 1. The second-order valence-electron chi connectivity index (χ2n) is 3.07. The van der Waals surface area contributed by atoms with E-state index in [1.165, 1.54) is 6.07 Å². The topological polar surface area (TPSA) is 38.9 Å². The summed E-state index contributed by atoms with van der Waals surface area (Å²) >= 11 is 1.13. The molecule has 0 atom stereocenters. The standard InChI is InChI=1S/C11H8F2N2S/c12-7-5-8(13)11(14)9(6-7)16-10-3-1-2-4-15-10/h1-6H,14H2. The van der Waals surface area contributed by atoms with Crippen molar-refractivity contribution in [2.75, 3.05) is 5.73 Å². The largest absolute Gasteiger partial charge is 0.395 e. The number of aromatic nitrogens is 1. The molecule has 0 saturated carbocycles. The molecule has 2 N–H and O–H groups in total. The lowest BCUT2D eigenvalue weighted by molar-refractivity contribution is 0.581. The molecule has 0 saturated heterocycles. The molecule has 1 aromatic carbocycles. The molecule has 2 aromatic rings. The zero-order valence-corrected chi connectivity index (χ0v) is 8.97. The van der Waals surface area contributed by atoms with Gasteiger partial charge in [-0.25, -0.2) is 13.8 Å². The van der Waals surface area contributed by atoms with Crippen LogP contribution in [0.15, 0.2) is 46.5 Å². The molecule has 0 bridgehead atoms. The predicted octanol–water partition coefficient (Wildman–Crippen LogP) is 3.09. The summed E-state index contributed by atoms with van der Waals surface area (Å²) in [4.78, 5) is 4.37. The van der Waals surface area contributed by atoms with Crippen molar-refractivity contribution in [3.05, 3.63) is 48.2 Å². The summed E-state index contributed by atoms with van der Waals surface area (Å²) in [5.74, 6) is -1.40. The van der Waals surface area contributed by atoms with Crippen molar-refractivity contribution in [3.63, 3.8) is 0 Å². The van der Waals surface area contributed by atoms with Crippen LogP contribution in [0.4, 0.5) is 14.5 Å². The molecule has 0 unspecified atom stereocenters. The van der Waals surface area contributed by atoms with Crippen LogP contribution in [0.5, 0.6) is 0 Å². The maximum absolute atomic E-state index is 13.1. The first-order chi connectivity index (χ1) is 7.66. The fourth-order valence-electron chi connectivity index (χ4n) is 1.17. The second kappa shape index (κ2) is 4.49. The van der Waals surface area contributed by atoms with Gasteiger partial charge in [-0.1, -0.05) is 17.8 Å². The fraction of sp³-hybridized carbons (Fsp3) is 0. The smallest absolute Gasteiger partial charge is 0.150 e. The van der Waals surface area contributed by atoms with Crippen LogP contribution < -0.4 is 5.73 Å². The highest BCUT2D eigenvalue weighted by Crippen LogP contribution is 2.32. The number of anilines is 1. The van der Waals surface area contributed by atoms with E-state index in [1.54, 1.807) is 24.4 Å². The Hall–Kier alpha value is -1.62. The molecule has 2 rings (SSSR count).